The Morgan fingerprint density at radius 2 is 1.89 bits per heavy atom. The third-order valence-electron chi connectivity index (χ3n) is 2.06. The quantitative estimate of drug-likeness (QED) is 0.826. The number of aromatic carboxylic acids is 1. The number of hydrogen-bond acceptors (Lipinski definition) is 2. The van der Waals surface area contributed by atoms with Crippen molar-refractivity contribution in [1.29, 1.82) is 0 Å². The fraction of sp³-hybridized carbons (Fsp3) is 0.200. The second-order valence-corrected chi connectivity index (χ2v) is 4.20. The van der Waals surface area contributed by atoms with Gasteiger partial charge in [-0.25, -0.2) is 13.6 Å². The van der Waals surface area contributed by atoms with Gasteiger partial charge in [0, 0.05) is 4.47 Å². The molecule has 0 aromatic heterocycles. The van der Waals surface area contributed by atoms with Crippen LogP contribution in [0, 0.1) is 0 Å². The maximum absolute atomic E-state index is 12.8. The first-order chi connectivity index (χ1) is 8.67. The van der Waals surface area contributed by atoms with E-state index >= 15 is 0 Å². The minimum atomic E-state index is -4.91. The fourth-order valence-corrected chi connectivity index (χ4v) is 1.59. The summed E-state index contributed by atoms with van der Waals surface area (Å²) < 4.78 is 49.5. The van der Waals surface area contributed by atoms with Crippen molar-refractivity contribution in [3.05, 3.63) is 28.2 Å². The molecule has 1 aromatic carbocycles. The van der Waals surface area contributed by atoms with Crippen LogP contribution in [0.3, 0.4) is 0 Å². The van der Waals surface area contributed by atoms with Gasteiger partial charge in [0.1, 0.15) is 0 Å². The summed E-state index contributed by atoms with van der Waals surface area (Å²) in [5.74, 6) is -8.70. The highest BCUT2D eigenvalue weighted by Crippen LogP contribution is 2.30. The molecule has 104 valence electrons. The number of carbonyl (C=O) groups is 2. The summed E-state index contributed by atoms with van der Waals surface area (Å²) in [7, 11) is 0. The Hall–Kier alpha value is -1.64. The molecule has 0 unspecified atom stereocenters. The number of nitrogens with one attached hydrogen (secondary N) is 1. The van der Waals surface area contributed by atoms with Crippen molar-refractivity contribution in [2.24, 2.45) is 0 Å². The van der Waals surface area contributed by atoms with E-state index in [1.807, 2.05) is 0 Å². The maximum Gasteiger partial charge on any atom is 0.383 e. The number of benzene rings is 1. The number of alkyl halides is 4. The lowest BCUT2D eigenvalue weighted by Gasteiger charge is -2.16. The van der Waals surface area contributed by atoms with Gasteiger partial charge in [-0.1, -0.05) is 6.07 Å². The molecule has 0 aliphatic carbocycles. The zero-order valence-corrected chi connectivity index (χ0v) is 10.5. The lowest BCUT2D eigenvalue weighted by Crippen LogP contribution is -2.41. The number of para-hydroxylation sites is 1. The van der Waals surface area contributed by atoms with E-state index in [9.17, 15) is 27.2 Å². The van der Waals surface area contributed by atoms with Crippen LogP contribution in [0.1, 0.15) is 10.4 Å². The Labute approximate surface area is 112 Å². The van der Waals surface area contributed by atoms with Gasteiger partial charge in [0.25, 0.3) is 0 Å². The molecule has 1 rings (SSSR count). The first kappa shape index (κ1) is 15.4. The van der Waals surface area contributed by atoms with Gasteiger partial charge < -0.3 is 10.4 Å². The minimum Gasteiger partial charge on any atom is -0.478 e. The van der Waals surface area contributed by atoms with E-state index in [0.29, 0.717) is 0 Å². The zero-order valence-electron chi connectivity index (χ0n) is 8.96. The van der Waals surface area contributed by atoms with E-state index < -0.39 is 35.5 Å². The van der Waals surface area contributed by atoms with Gasteiger partial charge in [-0.15, -0.1) is 0 Å². The van der Waals surface area contributed by atoms with Crippen LogP contribution in [0.15, 0.2) is 22.7 Å². The SMILES string of the molecule is O=C(O)c1cccc(Br)c1NC(=O)C(F)(F)C(F)F. The highest BCUT2D eigenvalue weighted by Gasteiger charge is 2.49. The number of amides is 1. The van der Waals surface area contributed by atoms with Crippen LogP contribution in [0.25, 0.3) is 0 Å². The third-order valence-corrected chi connectivity index (χ3v) is 2.72. The number of hydrogen-bond donors (Lipinski definition) is 2. The highest BCUT2D eigenvalue weighted by atomic mass is 79.9. The Kier molecular flexibility index (Phi) is 4.51. The lowest BCUT2D eigenvalue weighted by atomic mass is 10.1. The molecule has 0 saturated carbocycles. The summed E-state index contributed by atoms with van der Waals surface area (Å²) in [5, 5.41) is 10.3. The van der Waals surface area contributed by atoms with Gasteiger partial charge in [0.05, 0.1) is 11.3 Å². The van der Waals surface area contributed by atoms with Gasteiger partial charge >= 0.3 is 24.2 Å². The Morgan fingerprint density at radius 1 is 1.32 bits per heavy atom. The van der Waals surface area contributed by atoms with Crippen LogP contribution in [-0.2, 0) is 4.79 Å². The first-order valence-electron chi connectivity index (χ1n) is 4.67. The van der Waals surface area contributed by atoms with Gasteiger partial charge in [-0.3, -0.25) is 4.79 Å². The summed E-state index contributed by atoms with van der Waals surface area (Å²) in [6, 6.07) is 3.58. The molecule has 4 nitrogen and oxygen atoms in total. The highest BCUT2D eigenvalue weighted by molar-refractivity contribution is 9.10. The Balaban J connectivity index is 3.13. The number of carboxylic acids is 1. The molecular formula is C10H6BrF4NO3. The van der Waals surface area contributed by atoms with E-state index in [1.165, 1.54) is 17.4 Å². The van der Waals surface area contributed by atoms with Crippen LogP contribution < -0.4 is 5.32 Å². The summed E-state index contributed by atoms with van der Waals surface area (Å²) >= 11 is 2.84. The van der Waals surface area contributed by atoms with Crippen molar-refractivity contribution in [2.45, 2.75) is 12.3 Å². The average Bonchev–Trinajstić information content (AvgIpc) is 2.30. The van der Waals surface area contributed by atoms with Crippen LogP contribution in [0.2, 0.25) is 0 Å². The van der Waals surface area contributed by atoms with Gasteiger partial charge in [0.15, 0.2) is 0 Å². The van der Waals surface area contributed by atoms with Crippen molar-refractivity contribution in [3.63, 3.8) is 0 Å². The molecule has 0 spiro atoms. The van der Waals surface area contributed by atoms with E-state index in [0.717, 1.165) is 6.07 Å². The second-order valence-electron chi connectivity index (χ2n) is 3.35. The molecule has 0 bridgehead atoms. The molecule has 0 fully saturated rings. The molecule has 0 atom stereocenters. The molecule has 2 N–H and O–H groups in total. The average molecular weight is 344 g/mol. The maximum atomic E-state index is 12.8. The smallest absolute Gasteiger partial charge is 0.383 e. The molecule has 1 aromatic rings. The molecule has 19 heavy (non-hydrogen) atoms. The summed E-state index contributed by atoms with van der Waals surface area (Å²) in [5.41, 5.74) is -1.02. The Bertz CT molecular complexity index is 521. The first-order valence-corrected chi connectivity index (χ1v) is 5.46. The predicted molar refractivity (Wildman–Crippen MR) is 60.7 cm³/mol. The minimum absolute atomic E-state index is 0.0224. The summed E-state index contributed by atoms with van der Waals surface area (Å²) in [6.07, 6.45) is -4.19. The van der Waals surface area contributed by atoms with Crippen molar-refractivity contribution < 1.29 is 32.3 Å². The zero-order chi connectivity index (χ0) is 14.8. The van der Waals surface area contributed by atoms with Crippen molar-refractivity contribution in [2.75, 3.05) is 5.32 Å². The fourth-order valence-electron chi connectivity index (χ4n) is 1.13. The number of rotatable bonds is 4. The molecule has 9 heteroatoms. The monoisotopic (exact) mass is 343 g/mol. The number of anilines is 1. The molecule has 0 aliphatic rings. The van der Waals surface area contributed by atoms with E-state index in [4.69, 9.17) is 5.11 Å². The van der Waals surface area contributed by atoms with Crippen LogP contribution in [0.4, 0.5) is 23.2 Å². The molecule has 0 saturated heterocycles. The van der Waals surface area contributed by atoms with Gasteiger partial charge in [-0.2, -0.15) is 8.78 Å². The Morgan fingerprint density at radius 3 is 2.37 bits per heavy atom. The molecule has 0 aliphatic heterocycles. The topological polar surface area (TPSA) is 66.4 Å². The predicted octanol–water partition coefficient (Wildman–Crippen LogP) is 2.99. The molecular weight excluding hydrogens is 338 g/mol. The van der Waals surface area contributed by atoms with Crippen molar-refractivity contribution in [1.82, 2.24) is 0 Å². The normalized spacial score (nSPS) is 11.5. The molecule has 0 heterocycles. The van der Waals surface area contributed by atoms with Crippen LogP contribution in [-0.4, -0.2) is 29.3 Å². The molecule has 0 radical (unpaired) electrons. The molecule has 1 amide bonds. The van der Waals surface area contributed by atoms with Crippen molar-refractivity contribution >= 4 is 33.5 Å². The second kappa shape index (κ2) is 5.55. The lowest BCUT2D eigenvalue weighted by molar-refractivity contribution is -0.163. The number of carbonyl (C=O) groups excluding carboxylic acids is 1. The van der Waals surface area contributed by atoms with Crippen LogP contribution in [0.5, 0.6) is 0 Å². The van der Waals surface area contributed by atoms with Crippen molar-refractivity contribution in [3.8, 4) is 0 Å². The summed E-state index contributed by atoms with van der Waals surface area (Å²) in [4.78, 5) is 21.9. The van der Waals surface area contributed by atoms with E-state index in [2.05, 4.69) is 15.9 Å². The standard InChI is InChI=1S/C10H6BrF4NO3/c11-5-3-1-2-4(7(17)18)6(5)16-9(19)10(14,15)8(12)13/h1-3,8H,(H,16,19)(H,17,18). The number of halogens is 5. The summed E-state index contributed by atoms with van der Waals surface area (Å²) in [6.45, 7) is 0. The van der Waals surface area contributed by atoms with Crippen LogP contribution >= 0.6 is 15.9 Å². The van der Waals surface area contributed by atoms with E-state index in [-0.39, 0.29) is 4.47 Å². The van der Waals surface area contributed by atoms with E-state index in [1.54, 1.807) is 0 Å². The van der Waals surface area contributed by atoms with Gasteiger partial charge in [0.2, 0.25) is 0 Å². The largest absolute Gasteiger partial charge is 0.478 e. The van der Waals surface area contributed by atoms with Gasteiger partial charge in [-0.05, 0) is 28.1 Å². The number of carboxylic acid groups (broad SMARTS) is 1. The third kappa shape index (κ3) is 3.22.